The molecule has 0 unspecified atom stereocenters. The highest BCUT2D eigenvalue weighted by molar-refractivity contribution is 7.21. The van der Waals surface area contributed by atoms with Crippen LogP contribution in [0.1, 0.15) is 16.9 Å². The smallest absolute Gasteiger partial charge is 0.347 e. The lowest BCUT2D eigenvalue weighted by Crippen LogP contribution is -2.44. The molecule has 0 N–H and O–H groups in total. The van der Waals surface area contributed by atoms with Crippen LogP contribution in [0.25, 0.3) is 114 Å². The number of likely N-dealkylation sites (N-methyl/N-ethyl adjacent to an activating group) is 4. The summed E-state index contributed by atoms with van der Waals surface area (Å²) in [4.78, 5) is 103. The topological polar surface area (TPSA) is 263 Å². The molecule has 1 aromatic carbocycles. The summed E-state index contributed by atoms with van der Waals surface area (Å²) in [5.41, 5.74) is 6.75. The number of hydrogen-bond acceptors (Lipinski definition) is 27. The Morgan fingerprint density at radius 1 is 0.413 bits per heavy atom. The summed E-state index contributed by atoms with van der Waals surface area (Å²) in [5, 5.41) is 10.4. The predicted octanol–water partition coefficient (Wildman–Crippen LogP) is 11.1. The molecule has 4 fully saturated rings. The van der Waals surface area contributed by atoms with E-state index < -0.39 is 16.9 Å². The molecular weight excluding hydrogens is 1440 g/mol. The van der Waals surface area contributed by atoms with Crippen molar-refractivity contribution in [2.75, 3.05) is 153 Å². The fourth-order valence-electron chi connectivity index (χ4n) is 13.9. The van der Waals surface area contributed by atoms with Crippen molar-refractivity contribution in [1.82, 2.24) is 72.9 Å². The van der Waals surface area contributed by atoms with Crippen LogP contribution in [-0.2, 0) is 0 Å². The Labute approximate surface area is 635 Å². The van der Waals surface area contributed by atoms with E-state index >= 15 is 0 Å². The van der Waals surface area contributed by atoms with Crippen LogP contribution in [0, 0.1) is 13.8 Å². The van der Waals surface area contributed by atoms with E-state index in [9.17, 15) is 19.2 Å². The van der Waals surface area contributed by atoms with Crippen molar-refractivity contribution in [3.63, 3.8) is 0 Å². The number of hydrogen-bond donors (Lipinski definition) is 0. The first-order valence-corrected chi connectivity index (χ1v) is 38.7. The quantitative estimate of drug-likeness (QED) is 0.137. The molecule has 0 radical (unpaired) electrons. The standard InChI is InChI=1S/C21H21N5O2.C21H20N4O2S.C19H19N5O2S.C18H17N5O2S/c1-14-5-6-26-16(11-14)13-18(23-26)17-12-15-3-4-19(22-20(15)28-21(17)27)25-9-7-24(2)8-10-25;1-24-9-4-10-25(12-11-24)18-8-7-14-13-15(21(26)27-19(14)23-18)20-22-16-5-2-3-6-17(16)28-20;1-12-10-24-11-15(21-19(24)27-12)14-7-13-9-20-17(8-16(13)26-18(14)25)23-5-3-22(2)4-6-23;1-21-4-6-22(7-5-21)15-3-2-12-10-13(17(24)25-16(12)20-15)14-11-23-8-9-26-18(23)19-14/h3-6,11-13H,7-10H2,1-2H3;2-3,5-8,13H,4,9-12H2,1H3;7-11H,3-6H2,1-2H3;2-3,8-11H,4-7H2,1H3. The van der Waals surface area contributed by atoms with Crippen molar-refractivity contribution in [2.45, 2.75) is 20.3 Å². The lowest BCUT2D eigenvalue weighted by Gasteiger charge is -2.33. The molecule has 554 valence electrons. The molecule has 0 saturated carbocycles. The van der Waals surface area contributed by atoms with Gasteiger partial charge in [0.15, 0.2) is 9.92 Å². The molecule has 0 spiro atoms. The van der Waals surface area contributed by atoms with Crippen molar-refractivity contribution >= 4 is 127 Å². The number of benzene rings is 1. The number of nitrogens with zero attached hydrogens (tertiary/aromatic N) is 19. The number of rotatable bonds is 8. The third-order valence-electron chi connectivity index (χ3n) is 20.2. The Balaban J connectivity index is 0.000000106. The number of piperazine rings is 3. The molecule has 0 aliphatic carbocycles. The molecule has 16 aromatic rings. The highest BCUT2D eigenvalue weighted by atomic mass is 32.1. The fourth-order valence-corrected chi connectivity index (χ4v) is 16.3. The van der Waals surface area contributed by atoms with Crippen LogP contribution in [0.3, 0.4) is 0 Å². The molecule has 4 aliphatic rings. The molecule has 20 rings (SSSR count). The minimum absolute atomic E-state index is 0.366. The number of anilines is 4. The molecule has 0 atom stereocenters. The van der Waals surface area contributed by atoms with Gasteiger partial charge < -0.3 is 56.9 Å². The van der Waals surface area contributed by atoms with Gasteiger partial charge in [-0.3, -0.25) is 8.80 Å². The van der Waals surface area contributed by atoms with Gasteiger partial charge in [0.2, 0.25) is 17.1 Å². The molecule has 109 heavy (non-hydrogen) atoms. The zero-order valence-corrected chi connectivity index (χ0v) is 63.4. The van der Waals surface area contributed by atoms with Crippen molar-refractivity contribution in [3.8, 4) is 44.3 Å². The molecule has 15 aromatic heterocycles. The van der Waals surface area contributed by atoms with Crippen molar-refractivity contribution < 1.29 is 17.7 Å². The second-order valence-electron chi connectivity index (χ2n) is 28.0. The van der Waals surface area contributed by atoms with E-state index in [1.165, 1.54) is 27.6 Å². The number of pyridine rings is 5. The highest BCUT2D eigenvalue weighted by Gasteiger charge is 2.24. The van der Waals surface area contributed by atoms with Crippen LogP contribution in [0.2, 0.25) is 0 Å². The van der Waals surface area contributed by atoms with Gasteiger partial charge in [0, 0.05) is 173 Å². The Morgan fingerprint density at radius 3 is 1.50 bits per heavy atom. The summed E-state index contributed by atoms with van der Waals surface area (Å²) in [5.74, 6) is 3.41. The van der Waals surface area contributed by atoms with E-state index in [1.54, 1.807) is 22.0 Å². The second-order valence-corrected chi connectivity index (χ2v) is 31.2. The Hall–Kier alpha value is -11.4. The Kier molecular flexibility index (Phi) is 19.4. The first-order valence-electron chi connectivity index (χ1n) is 36.2. The average Bonchev–Trinajstić information content (AvgIpc) is 1.73. The number of fused-ring (bicyclic) bond motifs is 8. The Bertz CT molecular complexity index is 6230. The minimum Gasteiger partial charge on any atom is -0.422 e. The number of para-hydroxylation sites is 1. The summed E-state index contributed by atoms with van der Waals surface area (Å²) in [6.45, 7) is 19.5. The third-order valence-corrected chi connectivity index (χ3v) is 23.0. The maximum atomic E-state index is 12.6. The first kappa shape index (κ1) is 70.6. The van der Waals surface area contributed by atoms with Crippen LogP contribution in [0.15, 0.2) is 189 Å². The lowest BCUT2D eigenvalue weighted by atomic mass is 10.1. The molecule has 30 heteroatoms. The molecule has 27 nitrogen and oxygen atoms in total. The second kappa shape index (κ2) is 30.0. The highest BCUT2D eigenvalue weighted by Crippen LogP contribution is 2.33. The Morgan fingerprint density at radius 2 is 0.917 bits per heavy atom. The maximum absolute atomic E-state index is 12.6. The number of aromatic nitrogens is 11. The third kappa shape index (κ3) is 15.1. The number of aryl methyl sites for hydroxylation is 2. The lowest BCUT2D eigenvalue weighted by molar-refractivity contribution is 0.312. The number of imidazole rings is 2. The molecule has 19 heterocycles. The van der Waals surface area contributed by atoms with E-state index in [1.807, 2.05) is 168 Å². The van der Waals surface area contributed by atoms with Gasteiger partial charge in [-0.05, 0) is 152 Å². The zero-order valence-electron chi connectivity index (χ0n) is 60.9. The van der Waals surface area contributed by atoms with E-state index in [-0.39, 0.29) is 5.63 Å². The van der Waals surface area contributed by atoms with Crippen LogP contribution >= 0.6 is 34.0 Å². The normalized spacial score (nSPS) is 15.8. The molecular formula is C79H77N19O8S3. The largest absolute Gasteiger partial charge is 0.422 e. The van der Waals surface area contributed by atoms with E-state index in [2.05, 4.69) is 107 Å². The van der Waals surface area contributed by atoms with Gasteiger partial charge in [0.1, 0.15) is 39.6 Å². The summed E-state index contributed by atoms with van der Waals surface area (Å²) in [6.07, 6.45) is 12.4. The SMILES string of the molecule is CN1CCCN(c2ccc3cc(-c4nc5ccccc5s4)c(=O)oc3n2)CC1.CN1CCN(c2ccc3cc(-c4cn5ccsc5n4)c(=O)oc3n2)CC1.Cc1ccn2nc(-c3cc4ccc(N5CCN(C)CC5)nc4oc3=O)cc2c1.Cc1cn2cc(-c3cc4cnc(N5CCN(C)CC5)cc4oc3=O)nc2s1. The fraction of sp³-hybridized carbons (Fsp3) is 0.291. The average molecular weight is 1520 g/mol. The van der Waals surface area contributed by atoms with Gasteiger partial charge in [0.05, 0.1) is 49.4 Å². The van der Waals surface area contributed by atoms with E-state index in [0.29, 0.717) is 67.1 Å². The van der Waals surface area contributed by atoms with Crippen molar-refractivity contribution in [1.29, 1.82) is 0 Å². The molecule has 0 bridgehead atoms. The van der Waals surface area contributed by atoms with Gasteiger partial charge in [-0.2, -0.15) is 20.1 Å². The van der Waals surface area contributed by atoms with Gasteiger partial charge in [-0.15, -0.1) is 34.0 Å². The minimum atomic E-state index is -0.421. The van der Waals surface area contributed by atoms with E-state index in [0.717, 1.165) is 187 Å². The van der Waals surface area contributed by atoms with Crippen LogP contribution < -0.4 is 42.1 Å². The van der Waals surface area contributed by atoms with Gasteiger partial charge in [0.25, 0.3) is 0 Å². The van der Waals surface area contributed by atoms with Gasteiger partial charge >= 0.3 is 22.5 Å². The van der Waals surface area contributed by atoms with Crippen molar-refractivity contribution in [2.24, 2.45) is 0 Å². The van der Waals surface area contributed by atoms with Gasteiger partial charge in [-0.1, -0.05) is 12.1 Å². The molecule has 0 amide bonds. The predicted molar refractivity (Wildman–Crippen MR) is 431 cm³/mol. The van der Waals surface area contributed by atoms with E-state index in [4.69, 9.17) is 17.7 Å². The van der Waals surface area contributed by atoms with Crippen LogP contribution in [0.4, 0.5) is 23.3 Å². The molecule has 4 aliphatic heterocycles. The van der Waals surface area contributed by atoms with Crippen LogP contribution in [-0.4, -0.2) is 206 Å². The summed E-state index contributed by atoms with van der Waals surface area (Å²) in [7, 11) is 8.49. The summed E-state index contributed by atoms with van der Waals surface area (Å²) in [6, 6.07) is 34.8. The number of thiazole rings is 3. The van der Waals surface area contributed by atoms with Crippen molar-refractivity contribution in [3.05, 3.63) is 204 Å². The molecule has 4 saturated heterocycles. The first-order chi connectivity index (χ1) is 53.0. The summed E-state index contributed by atoms with van der Waals surface area (Å²) < 4.78 is 29.0. The van der Waals surface area contributed by atoms with Gasteiger partial charge in [-0.25, -0.2) is 43.6 Å². The maximum Gasteiger partial charge on any atom is 0.347 e. The zero-order chi connectivity index (χ0) is 74.6. The van der Waals surface area contributed by atoms with Crippen LogP contribution in [0.5, 0.6) is 0 Å². The monoisotopic (exact) mass is 1520 g/mol. The summed E-state index contributed by atoms with van der Waals surface area (Å²) >= 11 is 4.62.